The van der Waals surface area contributed by atoms with E-state index in [0.717, 1.165) is 19.3 Å². The summed E-state index contributed by atoms with van der Waals surface area (Å²) in [5, 5.41) is 11.1. The maximum absolute atomic E-state index is 9.74. The van der Waals surface area contributed by atoms with Crippen molar-refractivity contribution in [2.24, 2.45) is 0 Å². The molecule has 1 heterocycles. The van der Waals surface area contributed by atoms with Crippen LogP contribution in [0.15, 0.2) is 0 Å². The fraction of sp³-hybridized carbons (Fsp3) is 0.889. The van der Waals surface area contributed by atoms with E-state index < -0.39 is 0 Å². The van der Waals surface area contributed by atoms with Crippen LogP contribution in [0.5, 0.6) is 0 Å². The Morgan fingerprint density at radius 2 is 1.82 bits per heavy atom. The smallest absolute Gasteiger partial charge is 0.178 e. The highest BCUT2D eigenvalue weighted by molar-refractivity contribution is 4.96. The number of piperidine rings is 1. The number of hydroxylamine groups is 2. The number of hydrogen-bond acceptors (Lipinski definition) is 2. The molecule has 0 aromatic heterocycles. The van der Waals surface area contributed by atoms with E-state index in [2.05, 4.69) is 20.8 Å². The van der Waals surface area contributed by atoms with Crippen LogP contribution in [0.25, 0.3) is 0 Å². The first kappa shape index (κ1) is 8.88. The molecular weight excluding hydrogens is 138 g/mol. The minimum Gasteiger partial charge on any atom is -0.309 e. The Kier molecular flexibility index (Phi) is 1.93. The average Bonchev–Trinajstić information content (AvgIpc) is 1.82. The van der Waals surface area contributed by atoms with Crippen LogP contribution in [0.2, 0.25) is 0 Å². The van der Waals surface area contributed by atoms with Crippen molar-refractivity contribution >= 4 is 0 Å². The molecule has 0 amide bonds. The van der Waals surface area contributed by atoms with Crippen LogP contribution in [0.1, 0.15) is 40.0 Å². The molecule has 1 aliphatic rings. The molecule has 0 aliphatic carbocycles. The minimum atomic E-state index is -0.290. The maximum Gasteiger partial charge on any atom is 0.178 e. The summed E-state index contributed by atoms with van der Waals surface area (Å²) in [5.41, 5.74) is -0.392. The summed E-state index contributed by atoms with van der Waals surface area (Å²) < 4.78 is 0. The van der Waals surface area contributed by atoms with Crippen LogP contribution in [0.3, 0.4) is 0 Å². The van der Waals surface area contributed by atoms with Gasteiger partial charge in [-0.1, -0.05) is 0 Å². The van der Waals surface area contributed by atoms with Gasteiger partial charge in [0.2, 0.25) is 0 Å². The third-order valence-electron chi connectivity index (χ3n) is 2.59. The highest BCUT2D eigenvalue weighted by Gasteiger charge is 2.45. The fourth-order valence-electron chi connectivity index (χ4n) is 1.84. The molecule has 2 nitrogen and oxygen atoms in total. The van der Waals surface area contributed by atoms with Gasteiger partial charge in [0.25, 0.3) is 0 Å². The summed E-state index contributed by atoms with van der Waals surface area (Å²) in [6.07, 6.45) is 3.19. The second-order valence-electron chi connectivity index (χ2n) is 4.47. The zero-order chi connectivity index (χ0) is 8.70. The van der Waals surface area contributed by atoms with E-state index >= 15 is 0 Å². The lowest BCUT2D eigenvalue weighted by Gasteiger charge is -2.44. The van der Waals surface area contributed by atoms with Gasteiger partial charge in [-0.05, 0) is 33.6 Å². The Morgan fingerprint density at radius 1 is 1.27 bits per heavy atom. The molecule has 0 aromatic carbocycles. The van der Waals surface area contributed by atoms with Crippen LogP contribution in [0, 0.1) is 6.92 Å². The molecule has 0 saturated carbocycles. The molecule has 1 saturated heterocycles. The van der Waals surface area contributed by atoms with Gasteiger partial charge in [0, 0.05) is 12.0 Å². The Balaban J connectivity index is 2.76. The lowest BCUT2D eigenvalue weighted by molar-refractivity contribution is -0.233. The molecular formula is C9H18NO+. The Morgan fingerprint density at radius 3 is 2.18 bits per heavy atom. The Labute approximate surface area is 69.2 Å². The van der Waals surface area contributed by atoms with Gasteiger partial charge in [-0.2, -0.15) is 0 Å². The summed E-state index contributed by atoms with van der Waals surface area (Å²) in [5.74, 6) is 0. The van der Waals surface area contributed by atoms with Gasteiger partial charge >= 0.3 is 0 Å². The molecule has 1 rings (SSSR count). The van der Waals surface area contributed by atoms with Crippen molar-refractivity contribution in [3.63, 3.8) is 0 Å². The van der Waals surface area contributed by atoms with E-state index in [9.17, 15) is 5.21 Å². The third-order valence-corrected chi connectivity index (χ3v) is 2.59. The summed E-state index contributed by atoms with van der Waals surface area (Å²) >= 11 is 0. The summed E-state index contributed by atoms with van der Waals surface area (Å²) in [6.45, 7) is 10.1. The van der Waals surface area contributed by atoms with E-state index in [1.807, 2.05) is 6.92 Å². The molecule has 1 N–H and O–H groups in total. The second kappa shape index (κ2) is 2.39. The van der Waals surface area contributed by atoms with Gasteiger partial charge in [0.05, 0.1) is 6.92 Å². The molecule has 0 bridgehead atoms. The van der Waals surface area contributed by atoms with E-state index in [-0.39, 0.29) is 11.1 Å². The molecule has 0 radical (unpaired) electrons. The molecule has 11 heavy (non-hydrogen) atoms. The first-order chi connectivity index (χ1) is 4.86. The SMILES string of the molecule is [CH2+]C1(C)CCCC(C)(C)N1O. The standard InChI is InChI=1S/C9H18NO/c1-8(2)6-5-7-9(3,4)10(8)11/h11H,1,5-7H2,2-4H3/q+1. The van der Waals surface area contributed by atoms with Crippen molar-refractivity contribution in [3.8, 4) is 0 Å². The summed E-state index contributed by atoms with van der Waals surface area (Å²) in [4.78, 5) is 0. The Bertz CT molecular complexity index is 136. The molecule has 0 spiro atoms. The number of nitrogens with zero attached hydrogens (tertiary/aromatic N) is 1. The largest absolute Gasteiger partial charge is 0.309 e. The van der Waals surface area contributed by atoms with E-state index in [1.54, 1.807) is 0 Å². The van der Waals surface area contributed by atoms with Gasteiger partial charge < -0.3 is 5.21 Å². The third kappa shape index (κ3) is 1.52. The van der Waals surface area contributed by atoms with Crippen molar-refractivity contribution < 1.29 is 5.21 Å². The van der Waals surface area contributed by atoms with Crippen molar-refractivity contribution in [2.45, 2.75) is 51.1 Å². The van der Waals surface area contributed by atoms with Gasteiger partial charge in [0.15, 0.2) is 5.54 Å². The molecule has 2 heteroatoms. The molecule has 1 atom stereocenters. The van der Waals surface area contributed by atoms with Crippen molar-refractivity contribution in [2.75, 3.05) is 0 Å². The van der Waals surface area contributed by atoms with Crippen LogP contribution < -0.4 is 0 Å². The minimum absolute atomic E-state index is 0.102. The van der Waals surface area contributed by atoms with Gasteiger partial charge in [-0.25, -0.2) is 0 Å². The molecule has 1 fully saturated rings. The Hall–Kier alpha value is -0.210. The fourth-order valence-corrected chi connectivity index (χ4v) is 1.84. The van der Waals surface area contributed by atoms with Crippen molar-refractivity contribution in [1.29, 1.82) is 0 Å². The van der Waals surface area contributed by atoms with Crippen LogP contribution >= 0.6 is 0 Å². The van der Waals surface area contributed by atoms with Crippen molar-refractivity contribution in [1.82, 2.24) is 5.06 Å². The first-order valence-corrected chi connectivity index (χ1v) is 4.21. The van der Waals surface area contributed by atoms with E-state index in [1.165, 1.54) is 5.06 Å². The zero-order valence-corrected chi connectivity index (χ0v) is 7.72. The summed E-state index contributed by atoms with van der Waals surface area (Å²) in [7, 11) is 0. The van der Waals surface area contributed by atoms with Gasteiger partial charge in [0.1, 0.15) is 0 Å². The molecule has 0 aromatic rings. The lowest BCUT2D eigenvalue weighted by atomic mass is 9.82. The first-order valence-electron chi connectivity index (χ1n) is 4.21. The molecule has 1 unspecified atom stereocenters. The van der Waals surface area contributed by atoms with Crippen molar-refractivity contribution in [3.05, 3.63) is 6.92 Å². The highest BCUT2D eigenvalue weighted by Crippen LogP contribution is 2.35. The quantitative estimate of drug-likeness (QED) is 0.544. The predicted octanol–water partition coefficient (Wildman–Crippen LogP) is 2.23. The lowest BCUT2D eigenvalue weighted by Crippen LogP contribution is -2.56. The predicted molar refractivity (Wildman–Crippen MR) is 45.3 cm³/mol. The highest BCUT2D eigenvalue weighted by atomic mass is 16.5. The zero-order valence-electron chi connectivity index (χ0n) is 7.72. The van der Waals surface area contributed by atoms with Gasteiger partial charge in [-0.3, -0.25) is 0 Å². The second-order valence-corrected chi connectivity index (χ2v) is 4.47. The average molecular weight is 156 g/mol. The molecule has 64 valence electrons. The monoisotopic (exact) mass is 156 g/mol. The van der Waals surface area contributed by atoms with Crippen LogP contribution in [-0.2, 0) is 0 Å². The number of rotatable bonds is 0. The normalized spacial score (nSPS) is 38.9. The van der Waals surface area contributed by atoms with Gasteiger partial charge in [-0.15, -0.1) is 5.06 Å². The molecule has 1 aliphatic heterocycles. The van der Waals surface area contributed by atoms with Crippen LogP contribution in [-0.4, -0.2) is 21.3 Å². The number of hydrogen-bond donors (Lipinski definition) is 1. The van der Waals surface area contributed by atoms with E-state index in [4.69, 9.17) is 0 Å². The van der Waals surface area contributed by atoms with E-state index in [0.29, 0.717) is 0 Å². The maximum atomic E-state index is 9.74. The topological polar surface area (TPSA) is 23.5 Å². The summed E-state index contributed by atoms with van der Waals surface area (Å²) in [6, 6.07) is 0. The van der Waals surface area contributed by atoms with Crippen LogP contribution in [0.4, 0.5) is 0 Å².